The van der Waals surface area contributed by atoms with Crippen LogP contribution in [0.3, 0.4) is 0 Å². The van der Waals surface area contributed by atoms with Gasteiger partial charge in [0.25, 0.3) is 0 Å². The van der Waals surface area contributed by atoms with E-state index in [9.17, 15) is 24.0 Å². The van der Waals surface area contributed by atoms with E-state index in [1.165, 1.54) is 9.80 Å². The highest BCUT2D eigenvalue weighted by atomic mass is 16.4. The van der Waals surface area contributed by atoms with Crippen molar-refractivity contribution in [2.75, 3.05) is 26.2 Å². The molecular weight excluding hydrogens is 430 g/mol. The minimum absolute atomic E-state index is 0.0180. The zero-order valence-corrected chi connectivity index (χ0v) is 19.0. The Labute approximate surface area is 193 Å². The number of amides is 5. The second-order valence-corrected chi connectivity index (χ2v) is 9.08. The largest absolute Gasteiger partial charge is 0.481 e. The number of hydrogen-bond donors (Lipinski definition) is 4. The van der Waals surface area contributed by atoms with Gasteiger partial charge in [0.2, 0.25) is 17.7 Å². The molecule has 1 saturated carbocycles. The maximum absolute atomic E-state index is 13.2. The number of carbonyl (C=O) groups excluding carboxylic acids is 4. The van der Waals surface area contributed by atoms with E-state index in [0.29, 0.717) is 13.0 Å². The molecule has 0 aromatic rings. The van der Waals surface area contributed by atoms with Crippen LogP contribution in [0, 0.1) is 0 Å². The van der Waals surface area contributed by atoms with Gasteiger partial charge >= 0.3 is 12.0 Å². The molecule has 5 amide bonds. The molecule has 3 aliphatic rings. The Bertz CT molecular complexity index is 754. The van der Waals surface area contributed by atoms with Crippen LogP contribution in [0.2, 0.25) is 0 Å². The molecule has 0 radical (unpaired) electrons. The molecule has 0 bridgehead atoms. The average Bonchev–Trinajstić information content (AvgIpc) is 2.80. The third kappa shape index (κ3) is 7.06. The van der Waals surface area contributed by atoms with Gasteiger partial charge in [-0.1, -0.05) is 19.3 Å². The molecule has 3 fully saturated rings. The van der Waals surface area contributed by atoms with Crippen LogP contribution in [-0.2, 0) is 19.2 Å². The first kappa shape index (κ1) is 24.8. The summed E-state index contributed by atoms with van der Waals surface area (Å²) in [5.74, 6) is -1.91. The topological polar surface area (TPSA) is 148 Å². The van der Waals surface area contributed by atoms with Crippen molar-refractivity contribution in [1.29, 1.82) is 0 Å². The molecule has 0 aromatic carbocycles. The monoisotopic (exact) mass is 465 g/mol. The maximum Gasteiger partial charge on any atom is 0.318 e. The fourth-order valence-electron chi connectivity index (χ4n) is 4.71. The average molecular weight is 466 g/mol. The lowest BCUT2D eigenvalue weighted by atomic mass is 9.95. The quantitative estimate of drug-likeness (QED) is 0.422. The first-order valence-electron chi connectivity index (χ1n) is 12.0. The number of nitrogens with zero attached hydrogens (tertiary/aromatic N) is 2. The summed E-state index contributed by atoms with van der Waals surface area (Å²) < 4.78 is 0. The van der Waals surface area contributed by atoms with Crippen molar-refractivity contribution in [3.8, 4) is 0 Å². The number of rotatable bonds is 7. The van der Waals surface area contributed by atoms with Gasteiger partial charge in [-0.2, -0.15) is 0 Å². The number of piperazine rings is 1. The molecule has 0 spiro atoms. The Hall–Kier alpha value is -2.85. The minimum atomic E-state index is -0.963. The highest BCUT2D eigenvalue weighted by Crippen LogP contribution is 2.19. The third-order valence-electron chi connectivity index (χ3n) is 6.61. The third-order valence-corrected chi connectivity index (χ3v) is 6.61. The van der Waals surface area contributed by atoms with Crippen LogP contribution in [0.25, 0.3) is 0 Å². The lowest BCUT2D eigenvalue weighted by molar-refractivity contribution is -0.139. The zero-order valence-electron chi connectivity index (χ0n) is 19.0. The van der Waals surface area contributed by atoms with Crippen LogP contribution < -0.4 is 16.0 Å². The Balaban J connectivity index is 1.66. The van der Waals surface area contributed by atoms with Crippen LogP contribution in [0.15, 0.2) is 0 Å². The molecule has 2 saturated heterocycles. The predicted octanol–water partition coefficient (Wildman–Crippen LogP) is 0.191. The normalized spacial score (nSPS) is 24.1. The fourth-order valence-corrected chi connectivity index (χ4v) is 4.71. The molecule has 184 valence electrons. The standard InChI is InChI=1S/C22H35N5O6/c28-18(9-4-10-19(29)30)26-12-13-27(22(33)24-15-6-2-1-3-7-15)17(14-26)21(32)25-16-8-5-11-23-20(16)31/h15-17H,1-14H2,(H,23,31)(H,24,33)(H,25,32)(H,29,30)/t16-,17+/m0/s1. The minimum Gasteiger partial charge on any atom is -0.481 e. The predicted molar refractivity (Wildman–Crippen MR) is 118 cm³/mol. The molecule has 1 aliphatic carbocycles. The van der Waals surface area contributed by atoms with Gasteiger partial charge in [0.15, 0.2) is 0 Å². The molecule has 11 nitrogen and oxygen atoms in total. The summed E-state index contributed by atoms with van der Waals surface area (Å²) in [6.45, 7) is 1.06. The first-order chi connectivity index (χ1) is 15.8. The molecule has 11 heteroatoms. The van der Waals surface area contributed by atoms with E-state index in [1.807, 2.05) is 0 Å². The van der Waals surface area contributed by atoms with Crippen molar-refractivity contribution >= 4 is 29.7 Å². The van der Waals surface area contributed by atoms with Crippen LogP contribution in [0.1, 0.15) is 64.2 Å². The summed E-state index contributed by atoms with van der Waals surface area (Å²) in [4.78, 5) is 64.6. The molecule has 2 atom stereocenters. The summed E-state index contributed by atoms with van der Waals surface area (Å²) in [6.07, 6.45) is 6.56. The summed E-state index contributed by atoms with van der Waals surface area (Å²) >= 11 is 0. The molecule has 4 N–H and O–H groups in total. The van der Waals surface area contributed by atoms with Crippen molar-refractivity contribution in [2.24, 2.45) is 0 Å². The van der Waals surface area contributed by atoms with E-state index in [2.05, 4.69) is 16.0 Å². The van der Waals surface area contributed by atoms with Gasteiger partial charge in [0, 0.05) is 38.5 Å². The van der Waals surface area contributed by atoms with Gasteiger partial charge in [-0.3, -0.25) is 19.2 Å². The number of carboxylic acid groups (broad SMARTS) is 1. The lowest BCUT2D eigenvalue weighted by Crippen LogP contribution is -2.65. The van der Waals surface area contributed by atoms with Crippen molar-refractivity contribution in [1.82, 2.24) is 25.8 Å². The van der Waals surface area contributed by atoms with Crippen LogP contribution in [-0.4, -0.2) is 88.9 Å². The smallest absolute Gasteiger partial charge is 0.318 e. The summed E-state index contributed by atoms with van der Waals surface area (Å²) in [5, 5.41) is 17.3. The van der Waals surface area contributed by atoms with E-state index in [0.717, 1.165) is 38.5 Å². The summed E-state index contributed by atoms with van der Waals surface area (Å²) in [6, 6.07) is -1.82. The lowest BCUT2D eigenvalue weighted by Gasteiger charge is -2.41. The summed E-state index contributed by atoms with van der Waals surface area (Å²) in [5.41, 5.74) is 0. The number of urea groups is 1. The highest BCUT2D eigenvalue weighted by molar-refractivity contribution is 5.93. The number of aliphatic carboxylic acids is 1. The number of nitrogens with one attached hydrogen (secondary N) is 3. The SMILES string of the molecule is O=C(O)CCCC(=O)N1CCN(C(=O)NC2CCCCC2)[C@@H](C(=O)N[C@H]2CCCNC2=O)C1. The molecule has 33 heavy (non-hydrogen) atoms. The van der Waals surface area contributed by atoms with Gasteiger partial charge in [0.05, 0.1) is 6.54 Å². The number of carbonyl (C=O) groups is 5. The van der Waals surface area contributed by atoms with Gasteiger partial charge in [-0.25, -0.2) is 4.79 Å². The molecule has 2 aliphatic heterocycles. The van der Waals surface area contributed by atoms with Crippen molar-refractivity contribution in [3.05, 3.63) is 0 Å². The van der Waals surface area contributed by atoms with E-state index in [4.69, 9.17) is 5.11 Å². The Morgan fingerprint density at radius 2 is 1.73 bits per heavy atom. The highest BCUT2D eigenvalue weighted by Gasteiger charge is 2.39. The first-order valence-corrected chi connectivity index (χ1v) is 12.0. The fraction of sp³-hybridized carbons (Fsp3) is 0.773. The van der Waals surface area contributed by atoms with Crippen LogP contribution in [0.5, 0.6) is 0 Å². The second-order valence-electron chi connectivity index (χ2n) is 9.08. The van der Waals surface area contributed by atoms with Crippen LogP contribution >= 0.6 is 0 Å². The number of carboxylic acids is 1. The number of piperidine rings is 1. The van der Waals surface area contributed by atoms with Gasteiger partial charge in [0.1, 0.15) is 12.1 Å². The number of hydrogen-bond acceptors (Lipinski definition) is 5. The summed E-state index contributed by atoms with van der Waals surface area (Å²) in [7, 11) is 0. The van der Waals surface area contributed by atoms with E-state index in [1.54, 1.807) is 0 Å². The van der Waals surface area contributed by atoms with E-state index >= 15 is 0 Å². The molecular formula is C22H35N5O6. The molecule has 0 aromatic heterocycles. The van der Waals surface area contributed by atoms with E-state index in [-0.39, 0.29) is 62.8 Å². The van der Waals surface area contributed by atoms with Gasteiger partial charge in [-0.05, 0) is 32.1 Å². The van der Waals surface area contributed by atoms with Crippen molar-refractivity contribution in [3.63, 3.8) is 0 Å². The van der Waals surface area contributed by atoms with E-state index < -0.39 is 24.0 Å². The zero-order chi connectivity index (χ0) is 23.8. The molecule has 2 heterocycles. The van der Waals surface area contributed by atoms with Crippen molar-refractivity contribution < 1.29 is 29.1 Å². The molecule has 0 unspecified atom stereocenters. The van der Waals surface area contributed by atoms with Gasteiger partial charge < -0.3 is 30.9 Å². The Kier molecular flexibility index (Phi) is 8.90. The van der Waals surface area contributed by atoms with Gasteiger partial charge in [-0.15, -0.1) is 0 Å². The Morgan fingerprint density at radius 3 is 2.42 bits per heavy atom. The Morgan fingerprint density at radius 1 is 0.970 bits per heavy atom. The van der Waals surface area contributed by atoms with Crippen LogP contribution in [0.4, 0.5) is 4.79 Å². The molecule has 3 rings (SSSR count). The van der Waals surface area contributed by atoms with Crippen molar-refractivity contribution in [2.45, 2.75) is 82.3 Å². The second kappa shape index (κ2) is 11.9. The maximum atomic E-state index is 13.2.